The molecule has 19 heavy (non-hydrogen) atoms. The molecule has 2 atom stereocenters. The maximum atomic E-state index is 2.31. The molecule has 0 aromatic carbocycles. The van der Waals surface area contributed by atoms with E-state index in [2.05, 4.69) is 48.6 Å². The summed E-state index contributed by atoms with van der Waals surface area (Å²) in [5, 5.41) is 0. The molecule has 0 aromatic rings. The Morgan fingerprint density at radius 1 is 0.684 bits per heavy atom. The van der Waals surface area contributed by atoms with Gasteiger partial charge < -0.3 is 0 Å². The zero-order valence-electron chi connectivity index (χ0n) is 10.9. The molecule has 0 N–H and O–H groups in total. The summed E-state index contributed by atoms with van der Waals surface area (Å²) in [6, 6.07) is 0. The number of fused-ring (bicyclic) bond motifs is 4. The molecule has 0 spiro atoms. The molecule has 0 amide bonds. The molecule has 0 nitrogen and oxygen atoms in total. The van der Waals surface area contributed by atoms with E-state index >= 15 is 0 Å². The molecule has 0 aliphatic heterocycles. The van der Waals surface area contributed by atoms with Crippen molar-refractivity contribution in [3.05, 3.63) is 60.4 Å². The van der Waals surface area contributed by atoms with Gasteiger partial charge in [-0.25, -0.2) is 0 Å². The Bertz CT molecular complexity index is 331. The van der Waals surface area contributed by atoms with Crippen LogP contribution >= 0.6 is 24.8 Å². The molecule has 4 aliphatic carbocycles. The Hall–Kier alpha value is 0.163. The van der Waals surface area contributed by atoms with Gasteiger partial charge in [-0.1, -0.05) is 37.5 Å². The van der Waals surface area contributed by atoms with Crippen molar-refractivity contribution < 1.29 is 26.2 Å². The smallest absolute Gasteiger partial charge is 0.179 e. The number of hydrogen-bond donors (Lipinski definition) is 0. The van der Waals surface area contributed by atoms with Crippen molar-refractivity contribution in [2.24, 2.45) is 11.8 Å². The molecular weight excluding hydrogens is 354 g/mol. The molecule has 2 unspecified atom stereocenters. The Morgan fingerprint density at radius 3 is 1.42 bits per heavy atom. The van der Waals surface area contributed by atoms with Gasteiger partial charge in [-0.2, -0.15) is 60.4 Å². The van der Waals surface area contributed by atoms with Gasteiger partial charge in [0.2, 0.25) is 0 Å². The normalized spacial score (nSPS) is 26.9. The molecule has 4 rings (SSSR count). The van der Waals surface area contributed by atoms with Gasteiger partial charge >= 0.3 is 26.2 Å². The fourth-order valence-corrected chi connectivity index (χ4v) is 2.76. The Morgan fingerprint density at radius 2 is 1.11 bits per heavy atom. The molecule has 3 heteroatoms. The van der Waals surface area contributed by atoms with Crippen LogP contribution in [-0.4, -0.2) is 0 Å². The monoisotopic (exact) mass is 372 g/mol. The van der Waals surface area contributed by atoms with Crippen LogP contribution in [-0.2, 0) is 26.2 Å². The van der Waals surface area contributed by atoms with E-state index in [1.54, 1.807) is 0 Å². The third-order valence-corrected chi connectivity index (χ3v) is 3.70. The molecule has 102 valence electrons. The molecule has 4 bridgehead atoms. The maximum absolute atomic E-state index is 2.31. The van der Waals surface area contributed by atoms with Crippen molar-refractivity contribution >= 4 is 24.8 Å². The number of halogens is 2. The van der Waals surface area contributed by atoms with Crippen molar-refractivity contribution in [3.8, 4) is 0 Å². The summed E-state index contributed by atoms with van der Waals surface area (Å²) >= 11 is 0. The fraction of sp³-hybridized carbons (Fsp3) is 0.375. The number of hydrogen-bond acceptors (Lipinski definition) is 0. The Balaban J connectivity index is 0.000000295. The third kappa shape index (κ3) is 5.22. The van der Waals surface area contributed by atoms with Crippen LogP contribution in [0.4, 0.5) is 0 Å². The summed E-state index contributed by atoms with van der Waals surface area (Å²) in [7, 11) is 0. The van der Waals surface area contributed by atoms with Crippen LogP contribution in [0, 0.1) is 23.7 Å². The average Bonchev–Trinajstić information content (AvgIpc) is 2.83. The summed E-state index contributed by atoms with van der Waals surface area (Å²) in [6.07, 6.45) is 23.3. The minimum absolute atomic E-state index is 0. The van der Waals surface area contributed by atoms with Gasteiger partial charge in [0.15, 0.2) is 0 Å². The quantitative estimate of drug-likeness (QED) is 0.522. The molecule has 0 aromatic heterocycles. The van der Waals surface area contributed by atoms with Crippen molar-refractivity contribution in [3.63, 3.8) is 0 Å². The van der Waals surface area contributed by atoms with E-state index < -0.39 is 0 Å². The second-order valence-corrected chi connectivity index (χ2v) is 5.07. The van der Waals surface area contributed by atoms with Crippen LogP contribution in [0.25, 0.3) is 0 Å². The molecule has 0 heterocycles. The SMILES string of the molecule is C1=C[C-]2C=CC(C1)C2.C1=C[C-]2C=CC(C1)C2.Cl.Cl.[Zr+2]. The molecule has 0 saturated carbocycles. The largest absolute Gasteiger partial charge is 2.00 e. The number of rotatable bonds is 0. The van der Waals surface area contributed by atoms with E-state index in [1.807, 2.05) is 0 Å². The van der Waals surface area contributed by atoms with E-state index in [4.69, 9.17) is 0 Å². The molecule has 0 saturated heterocycles. The zero-order chi connectivity index (χ0) is 10.8. The van der Waals surface area contributed by atoms with E-state index in [0.717, 1.165) is 11.8 Å². The zero-order valence-corrected chi connectivity index (χ0v) is 15.0. The second-order valence-electron chi connectivity index (χ2n) is 5.07. The summed E-state index contributed by atoms with van der Waals surface area (Å²) < 4.78 is 0. The first-order valence-corrected chi connectivity index (χ1v) is 6.31. The van der Waals surface area contributed by atoms with Gasteiger partial charge in [0.1, 0.15) is 0 Å². The minimum Gasteiger partial charge on any atom is -0.179 e. The van der Waals surface area contributed by atoms with Crippen LogP contribution < -0.4 is 0 Å². The van der Waals surface area contributed by atoms with E-state index in [1.165, 1.54) is 37.5 Å². The molecular formula is C16H20Cl2Zr. The van der Waals surface area contributed by atoms with E-state index in [9.17, 15) is 0 Å². The van der Waals surface area contributed by atoms with Gasteiger partial charge in [-0.05, 0) is 0 Å². The topological polar surface area (TPSA) is 0 Å². The third-order valence-electron chi connectivity index (χ3n) is 3.70. The van der Waals surface area contributed by atoms with Crippen LogP contribution in [0.5, 0.6) is 0 Å². The second kappa shape index (κ2) is 9.16. The minimum atomic E-state index is 0. The van der Waals surface area contributed by atoms with Crippen LogP contribution in [0.1, 0.15) is 25.7 Å². The molecule has 0 fully saturated rings. The Kier molecular flexibility index (Phi) is 9.24. The molecule has 0 radical (unpaired) electrons. The van der Waals surface area contributed by atoms with Gasteiger partial charge in [0, 0.05) is 0 Å². The standard InChI is InChI=1S/2C8H9.2ClH.Zr/c2*1-2-7-4-5-8(3-1)6-7;;;/h2*1-2,4-5,8H,3,6H2;2*1H;/q2*-1;;;+2. The number of allylic oxidation sites excluding steroid dienone is 8. The summed E-state index contributed by atoms with van der Waals surface area (Å²) in [4.78, 5) is 0. The summed E-state index contributed by atoms with van der Waals surface area (Å²) in [6.45, 7) is 0. The summed E-state index contributed by atoms with van der Waals surface area (Å²) in [5.74, 6) is 4.74. The average molecular weight is 374 g/mol. The van der Waals surface area contributed by atoms with E-state index in [0.29, 0.717) is 0 Å². The van der Waals surface area contributed by atoms with Gasteiger partial charge in [-0.3, -0.25) is 0 Å². The first kappa shape index (κ1) is 19.2. The van der Waals surface area contributed by atoms with Crippen molar-refractivity contribution in [1.82, 2.24) is 0 Å². The predicted molar refractivity (Wildman–Crippen MR) is 83.0 cm³/mol. The van der Waals surface area contributed by atoms with E-state index in [-0.39, 0.29) is 51.0 Å². The first-order valence-electron chi connectivity index (χ1n) is 6.31. The van der Waals surface area contributed by atoms with Crippen LogP contribution in [0.3, 0.4) is 0 Å². The fourth-order valence-electron chi connectivity index (χ4n) is 2.76. The van der Waals surface area contributed by atoms with Crippen molar-refractivity contribution in [2.45, 2.75) is 25.7 Å². The predicted octanol–water partition coefficient (Wildman–Crippen LogP) is 5.03. The van der Waals surface area contributed by atoms with Gasteiger partial charge in [0.25, 0.3) is 0 Å². The Labute approximate surface area is 148 Å². The van der Waals surface area contributed by atoms with Crippen molar-refractivity contribution in [1.29, 1.82) is 0 Å². The maximum Gasteiger partial charge on any atom is 2.00 e. The van der Waals surface area contributed by atoms with Gasteiger partial charge in [-0.15, -0.1) is 24.8 Å². The van der Waals surface area contributed by atoms with Gasteiger partial charge in [0.05, 0.1) is 0 Å². The van der Waals surface area contributed by atoms with Crippen LogP contribution in [0.15, 0.2) is 48.6 Å². The molecule has 4 aliphatic rings. The first-order chi connectivity index (χ1) is 7.90. The van der Waals surface area contributed by atoms with Crippen molar-refractivity contribution in [2.75, 3.05) is 0 Å². The summed E-state index contributed by atoms with van der Waals surface area (Å²) in [5.41, 5.74) is 0. The van der Waals surface area contributed by atoms with Crippen LogP contribution in [0.2, 0.25) is 0 Å².